The van der Waals surface area contributed by atoms with Gasteiger partial charge in [0, 0.05) is 6.04 Å². The van der Waals surface area contributed by atoms with Gasteiger partial charge in [0.15, 0.2) is 0 Å². The normalized spacial score (nSPS) is 11.9. The van der Waals surface area contributed by atoms with Crippen molar-refractivity contribution in [2.45, 2.75) is 13.0 Å². The number of hydrogen-bond donors (Lipinski definition) is 1. The second-order valence-electron chi connectivity index (χ2n) is 3.86. The van der Waals surface area contributed by atoms with Crippen molar-refractivity contribution in [2.75, 3.05) is 5.32 Å². The molecule has 1 atom stereocenters. The summed E-state index contributed by atoms with van der Waals surface area (Å²) in [6, 6.07) is 9.30. The van der Waals surface area contributed by atoms with Gasteiger partial charge in [-0.05, 0) is 42.1 Å². The lowest BCUT2D eigenvalue weighted by molar-refractivity contribution is 0.891. The van der Waals surface area contributed by atoms with E-state index in [2.05, 4.69) is 11.4 Å². The highest BCUT2D eigenvalue weighted by atomic mass is 35.5. The first-order chi connectivity index (χ1) is 8.60. The summed E-state index contributed by atoms with van der Waals surface area (Å²) in [6.07, 6.45) is 0. The maximum Gasteiger partial charge on any atom is 0.0992 e. The summed E-state index contributed by atoms with van der Waals surface area (Å²) >= 11 is 13.5. The summed E-state index contributed by atoms with van der Waals surface area (Å²) < 4.78 is 0.768. The lowest BCUT2D eigenvalue weighted by Gasteiger charge is -2.15. The fraction of sp³-hybridized carbons (Fsp3) is 0.154. The highest BCUT2D eigenvalue weighted by Crippen LogP contribution is 2.30. The predicted octanol–water partition coefficient (Wildman–Crippen LogP) is 5.10. The van der Waals surface area contributed by atoms with Gasteiger partial charge in [0.05, 0.1) is 26.7 Å². The molecule has 1 heterocycles. The van der Waals surface area contributed by atoms with E-state index < -0.39 is 0 Å². The van der Waals surface area contributed by atoms with Crippen molar-refractivity contribution < 1.29 is 0 Å². The van der Waals surface area contributed by atoms with Gasteiger partial charge in [-0.25, -0.2) is 0 Å². The molecule has 18 heavy (non-hydrogen) atoms. The average Bonchev–Trinajstić information content (AvgIpc) is 2.78. The molecule has 0 radical (unpaired) electrons. The monoisotopic (exact) mass is 296 g/mol. The number of nitrogens with one attached hydrogen (secondary N) is 1. The van der Waals surface area contributed by atoms with E-state index in [1.807, 2.05) is 24.4 Å². The molecule has 0 saturated carbocycles. The Morgan fingerprint density at radius 1 is 1.33 bits per heavy atom. The third kappa shape index (κ3) is 2.97. The molecule has 0 bridgehead atoms. The lowest BCUT2D eigenvalue weighted by atomic mass is 10.1. The fourth-order valence-electron chi connectivity index (χ4n) is 1.57. The zero-order valence-corrected chi connectivity index (χ0v) is 11.9. The topological polar surface area (TPSA) is 35.8 Å². The van der Waals surface area contributed by atoms with Gasteiger partial charge in [0.25, 0.3) is 0 Å². The summed E-state index contributed by atoms with van der Waals surface area (Å²) in [4.78, 5) is 0. The van der Waals surface area contributed by atoms with Gasteiger partial charge in [-0.3, -0.25) is 0 Å². The van der Waals surface area contributed by atoms with Crippen molar-refractivity contribution in [1.29, 1.82) is 5.26 Å². The molecule has 1 aromatic heterocycles. The molecule has 0 amide bonds. The lowest BCUT2D eigenvalue weighted by Crippen LogP contribution is -2.05. The van der Waals surface area contributed by atoms with Crippen LogP contribution in [0.2, 0.25) is 9.36 Å². The van der Waals surface area contributed by atoms with Crippen molar-refractivity contribution in [3.63, 3.8) is 0 Å². The average molecular weight is 297 g/mol. The smallest absolute Gasteiger partial charge is 0.0992 e. The summed E-state index contributed by atoms with van der Waals surface area (Å²) in [5.74, 6) is 0. The number of halogens is 2. The van der Waals surface area contributed by atoms with Crippen molar-refractivity contribution in [1.82, 2.24) is 0 Å². The second kappa shape index (κ2) is 5.62. The van der Waals surface area contributed by atoms with Gasteiger partial charge < -0.3 is 5.32 Å². The Hall–Kier alpha value is -1.21. The number of nitriles is 1. The maximum absolute atomic E-state index is 8.77. The summed E-state index contributed by atoms with van der Waals surface area (Å²) in [6.45, 7) is 2.03. The molecule has 2 nitrogen and oxygen atoms in total. The third-order valence-corrected chi connectivity index (χ3v) is 3.98. The zero-order valence-electron chi connectivity index (χ0n) is 9.58. The Balaban J connectivity index is 2.17. The fourth-order valence-corrected chi connectivity index (χ4v) is 2.79. The van der Waals surface area contributed by atoms with Crippen molar-refractivity contribution in [3.8, 4) is 6.07 Å². The van der Waals surface area contributed by atoms with Crippen LogP contribution in [0.1, 0.15) is 24.1 Å². The van der Waals surface area contributed by atoms with Gasteiger partial charge in [-0.15, -0.1) is 11.3 Å². The van der Waals surface area contributed by atoms with Crippen LogP contribution in [0.4, 0.5) is 5.69 Å². The Bertz CT molecular complexity index is 601. The van der Waals surface area contributed by atoms with Crippen molar-refractivity contribution in [2.24, 2.45) is 0 Å². The van der Waals surface area contributed by atoms with E-state index >= 15 is 0 Å². The first kappa shape index (κ1) is 13.2. The Kier molecular flexibility index (Phi) is 4.13. The molecule has 0 aliphatic rings. The molecule has 2 aromatic rings. The molecular weight excluding hydrogens is 287 g/mol. The number of anilines is 1. The molecule has 1 N–H and O–H groups in total. The van der Waals surface area contributed by atoms with Crippen LogP contribution in [0.25, 0.3) is 0 Å². The number of rotatable bonds is 3. The first-order valence-electron chi connectivity index (χ1n) is 5.30. The Morgan fingerprint density at radius 3 is 2.67 bits per heavy atom. The molecule has 5 heteroatoms. The van der Waals surface area contributed by atoms with Crippen LogP contribution < -0.4 is 5.32 Å². The van der Waals surface area contributed by atoms with E-state index in [4.69, 9.17) is 28.5 Å². The van der Waals surface area contributed by atoms with E-state index in [-0.39, 0.29) is 6.04 Å². The summed E-state index contributed by atoms with van der Waals surface area (Å²) in [7, 11) is 0. The second-order valence-corrected chi connectivity index (χ2v) is 5.81. The maximum atomic E-state index is 8.77. The quantitative estimate of drug-likeness (QED) is 0.855. The van der Waals surface area contributed by atoms with Crippen molar-refractivity contribution >= 4 is 40.2 Å². The third-order valence-electron chi connectivity index (χ3n) is 2.56. The van der Waals surface area contributed by atoms with E-state index in [1.165, 1.54) is 11.3 Å². The predicted molar refractivity (Wildman–Crippen MR) is 77.5 cm³/mol. The van der Waals surface area contributed by atoms with E-state index in [9.17, 15) is 0 Å². The highest BCUT2D eigenvalue weighted by Gasteiger charge is 2.09. The minimum atomic E-state index is 0.110. The van der Waals surface area contributed by atoms with Crippen LogP contribution in [0, 0.1) is 11.3 Å². The zero-order chi connectivity index (χ0) is 13.1. The minimum absolute atomic E-state index is 0.110. The van der Waals surface area contributed by atoms with Gasteiger partial charge in [0.1, 0.15) is 0 Å². The van der Waals surface area contributed by atoms with Crippen molar-refractivity contribution in [3.05, 3.63) is 50.1 Å². The van der Waals surface area contributed by atoms with Crippen LogP contribution >= 0.6 is 34.5 Å². The van der Waals surface area contributed by atoms with Crippen LogP contribution in [0.3, 0.4) is 0 Å². The van der Waals surface area contributed by atoms with Gasteiger partial charge in [0.2, 0.25) is 0 Å². The molecule has 92 valence electrons. The van der Waals surface area contributed by atoms with Crippen LogP contribution in [0.5, 0.6) is 0 Å². The van der Waals surface area contributed by atoms with E-state index in [0.29, 0.717) is 10.6 Å². The van der Waals surface area contributed by atoms with Gasteiger partial charge >= 0.3 is 0 Å². The number of thiophene rings is 1. The molecule has 0 saturated heterocycles. The summed E-state index contributed by atoms with van der Waals surface area (Å²) in [5.41, 5.74) is 2.48. The molecule has 0 fully saturated rings. The molecule has 1 aromatic carbocycles. The van der Waals surface area contributed by atoms with Crippen LogP contribution in [-0.2, 0) is 0 Å². The molecular formula is C13H10Cl2N2S. The van der Waals surface area contributed by atoms with E-state index in [0.717, 1.165) is 15.6 Å². The van der Waals surface area contributed by atoms with Gasteiger partial charge in [-0.1, -0.05) is 23.2 Å². The standard InChI is InChI=1S/C13H10Cl2N2S/c1-8(10-5-13(15)18-7-10)17-12-3-2-9(6-16)4-11(12)14/h2-5,7-8,17H,1H3. The van der Waals surface area contributed by atoms with Gasteiger partial charge in [-0.2, -0.15) is 5.26 Å². The highest BCUT2D eigenvalue weighted by molar-refractivity contribution is 7.14. The van der Waals surface area contributed by atoms with E-state index in [1.54, 1.807) is 12.1 Å². The largest absolute Gasteiger partial charge is 0.377 e. The number of hydrogen-bond acceptors (Lipinski definition) is 3. The molecule has 2 rings (SSSR count). The minimum Gasteiger partial charge on any atom is -0.377 e. The van der Waals surface area contributed by atoms with Crippen LogP contribution in [0.15, 0.2) is 29.6 Å². The molecule has 0 spiro atoms. The number of benzene rings is 1. The molecule has 0 aliphatic heterocycles. The molecule has 1 unspecified atom stereocenters. The Morgan fingerprint density at radius 2 is 2.11 bits per heavy atom. The SMILES string of the molecule is CC(Nc1ccc(C#N)cc1Cl)c1csc(Cl)c1. The Labute approximate surface area is 120 Å². The van der Waals surface area contributed by atoms with Crippen LogP contribution in [-0.4, -0.2) is 0 Å². The first-order valence-corrected chi connectivity index (χ1v) is 6.94. The molecule has 0 aliphatic carbocycles. The number of nitrogens with zero attached hydrogens (tertiary/aromatic N) is 1. The summed E-state index contributed by atoms with van der Waals surface area (Å²) in [5, 5.41) is 14.6.